The van der Waals surface area contributed by atoms with E-state index in [9.17, 15) is 22.7 Å². The van der Waals surface area contributed by atoms with E-state index in [2.05, 4.69) is 10.0 Å². The SMILES string of the molecule is O=C(C[C@@H]1C[C@H]2c3cc(NS(=O)(=O)c4ccc(F)cc4)ccc3O[C@H]2[C@H](CO)O1)NCc1ccc(Oc2ccccc2)cc1. The van der Waals surface area contributed by atoms with Gasteiger partial charge in [0.25, 0.3) is 10.0 Å². The highest BCUT2D eigenvalue weighted by Gasteiger charge is 2.46. The molecule has 2 heterocycles. The lowest BCUT2D eigenvalue weighted by Gasteiger charge is -2.37. The molecular weight excluding hydrogens is 587 g/mol. The van der Waals surface area contributed by atoms with E-state index in [0.717, 1.165) is 29.0 Å². The number of aliphatic hydroxyl groups is 1. The van der Waals surface area contributed by atoms with E-state index in [1.807, 2.05) is 54.6 Å². The number of para-hydroxylation sites is 1. The van der Waals surface area contributed by atoms with Gasteiger partial charge >= 0.3 is 0 Å². The molecule has 1 fully saturated rings. The van der Waals surface area contributed by atoms with Crippen LogP contribution in [0.5, 0.6) is 17.2 Å². The van der Waals surface area contributed by atoms with Crippen molar-refractivity contribution in [2.75, 3.05) is 11.3 Å². The molecule has 4 aromatic carbocycles. The number of carbonyl (C=O) groups is 1. The monoisotopic (exact) mass is 618 g/mol. The molecule has 44 heavy (non-hydrogen) atoms. The van der Waals surface area contributed by atoms with Crippen molar-refractivity contribution in [3.05, 3.63) is 114 Å². The number of fused-ring (bicyclic) bond motifs is 3. The third-order valence-corrected chi connectivity index (χ3v) is 9.08. The van der Waals surface area contributed by atoms with Crippen LogP contribution in [0.3, 0.4) is 0 Å². The number of carbonyl (C=O) groups excluding carboxylic acids is 1. The summed E-state index contributed by atoms with van der Waals surface area (Å²) in [4.78, 5) is 12.8. The highest BCUT2D eigenvalue weighted by atomic mass is 32.2. The summed E-state index contributed by atoms with van der Waals surface area (Å²) >= 11 is 0. The van der Waals surface area contributed by atoms with E-state index < -0.39 is 34.2 Å². The number of halogens is 1. The summed E-state index contributed by atoms with van der Waals surface area (Å²) in [6.45, 7) is 0.0326. The number of anilines is 1. The molecule has 1 amide bonds. The van der Waals surface area contributed by atoms with E-state index in [0.29, 0.717) is 30.2 Å². The summed E-state index contributed by atoms with van der Waals surface area (Å²) in [6, 6.07) is 26.4. The normalized spacial score (nSPS) is 20.6. The van der Waals surface area contributed by atoms with Gasteiger partial charge in [-0.15, -0.1) is 0 Å². The average Bonchev–Trinajstić information content (AvgIpc) is 3.39. The Kier molecular flexibility index (Phi) is 8.51. The number of ether oxygens (including phenoxy) is 3. The van der Waals surface area contributed by atoms with Crippen LogP contribution in [0, 0.1) is 5.82 Å². The molecule has 0 unspecified atom stereocenters. The molecule has 0 saturated carbocycles. The Hall–Kier alpha value is -4.45. The molecule has 0 aromatic heterocycles. The van der Waals surface area contributed by atoms with Crippen molar-refractivity contribution in [2.45, 2.75) is 48.5 Å². The first-order valence-corrected chi connectivity index (χ1v) is 15.7. The lowest BCUT2D eigenvalue weighted by molar-refractivity contribution is -0.142. The molecular formula is C33H31FN2O7S. The number of benzene rings is 4. The second kappa shape index (κ2) is 12.7. The highest BCUT2D eigenvalue weighted by Crippen LogP contribution is 2.47. The molecule has 1 saturated heterocycles. The summed E-state index contributed by atoms with van der Waals surface area (Å²) in [7, 11) is -3.95. The number of hydrogen-bond acceptors (Lipinski definition) is 7. The fourth-order valence-electron chi connectivity index (χ4n) is 5.56. The average molecular weight is 619 g/mol. The van der Waals surface area contributed by atoms with Gasteiger partial charge in [-0.2, -0.15) is 0 Å². The number of sulfonamides is 1. The Balaban J connectivity index is 1.08. The molecule has 228 valence electrons. The summed E-state index contributed by atoms with van der Waals surface area (Å²) < 4.78 is 59.5. The largest absolute Gasteiger partial charge is 0.487 e. The van der Waals surface area contributed by atoms with Gasteiger partial charge in [-0.3, -0.25) is 9.52 Å². The second-order valence-corrected chi connectivity index (χ2v) is 12.4. The third kappa shape index (κ3) is 6.70. The number of amides is 1. The molecule has 4 atom stereocenters. The van der Waals surface area contributed by atoms with Gasteiger partial charge in [0.05, 0.1) is 24.0 Å². The fraction of sp³-hybridized carbons (Fsp3) is 0.242. The quantitative estimate of drug-likeness (QED) is 0.226. The Morgan fingerprint density at radius 3 is 2.41 bits per heavy atom. The first-order chi connectivity index (χ1) is 21.3. The molecule has 0 spiro atoms. The second-order valence-electron chi connectivity index (χ2n) is 10.8. The van der Waals surface area contributed by atoms with E-state index in [1.54, 1.807) is 18.2 Å². The van der Waals surface area contributed by atoms with Gasteiger partial charge in [0.2, 0.25) is 5.91 Å². The molecule has 0 aliphatic carbocycles. The predicted octanol–water partition coefficient (Wildman–Crippen LogP) is 5.12. The lowest BCUT2D eigenvalue weighted by Crippen LogP contribution is -2.47. The zero-order valence-corrected chi connectivity index (χ0v) is 24.4. The van der Waals surface area contributed by atoms with Gasteiger partial charge in [-0.25, -0.2) is 12.8 Å². The molecule has 3 N–H and O–H groups in total. The number of hydrogen-bond donors (Lipinski definition) is 3. The predicted molar refractivity (Wildman–Crippen MR) is 161 cm³/mol. The first kappa shape index (κ1) is 29.6. The summed E-state index contributed by atoms with van der Waals surface area (Å²) in [5.74, 6) is 1.04. The van der Waals surface area contributed by atoms with Crippen LogP contribution in [0.2, 0.25) is 0 Å². The van der Waals surface area contributed by atoms with Crippen LogP contribution in [0.4, 0.5) is 10.1 Å². The molecule has 11 heteroatoms. The van der Waals surface area contributed by atoms with E-state index in [-0.39, 0.29) is 29.7 Å². The summed E-state index contributed by atoms with van der Waals surface area (Å²) in [6.07, 6.45) is -1.09. The number of rotatable bonds is 10. The number of aliphatic hydroxyl groups excluding tert-OH is 1. The maximum atomic E-state index is 13.3. The minimum Gasteiger partial charge on any atom is -0.487 e. The first-order valence-electron chi connectivity index (χ1n) is 14.2. The van der Waals surface area contributed by atoms with Crippen molar-refractivity contribution in [1.29, 1.82) is 0 Å². The maximum Gasteiger partial charge on any atom is 0.261 e. The van der Waals surface area contributed by atoms with Crippen molar-refractivity contribution in [2.24, 2.45) is 0 Å². The van der Waals surface area contributed by atoms with Gasteiger partial charge < -0.3 is 24.6 Å². The van der Waals surface area contributed by atoms with Gasteiger partial charge in [0.1, 0.15) is 35.3 Å². The lowest BCUT2D eigenvalue weighted by atomic mass is 9.84. The highest BCUT2D eigenvalue weighted by molar-refractivity contribution is 7.92. The Morgan fingerprint density at radius 2 is 1.68 bits per heavy atom. The zero-order chi connectivity index (χ0) is 30.7. The van der Waals surface area contributed by atoms with Crippen LogP contribution in [-0.4, -0.2) is 44.4 Å². The van der Waals surface area contributed by atoms with Crippen LogP contribution in [-0.2, 0) is 26.1 Å². The van der Waals surface area contributed by atoms with Crippen molar-refractivity contribution in [3.63, 3.8) is 0 Å². The van der Waals surface area contributed by atoms with E-state index in [4.69, 9.17) is 14.2 Å². The minimum absolute atomic E-state index is 0.0672. The molecule has 4 aromatic rings. The van der Waals surface area contributed by atoms with Crippen molar-refractivity contribution >= 4 is 21.6 Å². The summed E-state index contributed by atoms with van der Waals surface area (Å²) in [5.41, 5.74) is 1.99. The minimum atomic E-state index is -3.95. The van der Waals surface area contributed by atoms with Gasteiger partial charge in [0, 0.05) is 23.7 Å². The molecule has 2 aliphatic heterocycles. The van der Waals surface area contributed by atoms with Crippen LogP contribution in [0.1, 0.15) is 29.9 Å². The Morgan fingerprint density at radius 1 is 0.955 bits per heavy atom. The number of nitrogens with one attached hydrogen (secondary N) is 2. The fourth-order valence-corrected chi connectivity index (χ4v) is 6.61. The van der Waals surface area contributed by atoms with Crippen LogP contribution < -0.4 is 19.5 Å². The Bertz CT molecular complexity index is 1720. The zero-order valence-electron chi connectivity index (χ0n) is 23.6. The van der Waals surface area contributed by atoms with Crippen molar-refractivity contribution in [1.82, 2.24) is 5.32 Å². The van der Waals surface area contributed by atoms with Gasteiger partial charge in [-0.05, 0) is 78.7 Å². The topological polar surface area (TPSA) is 123 Å². The van der Waals surface area contributed by atoms with Crippen molar-refractivity contribution in [3.8, 4) is 17.2 Å². The van der Waals surface area contributed by atoms with Gasteiger partial charge in [-0.1, -0.05) is 30.3 Å². The smallest absolute Gasteiger partial charge is 0.261 e. The standard InChI is InChI=1S/C33H31FN2O7S/c34-22-8-13-27(14-9-22)44(39,40)36-23-10-15-30-28(16-23)29-17-26(42-31(20-37)33(29)43-30)18-32(38)35-19-21-6-11-25(12-7-21)41-24-4-2-1-3-5-24/h1-16,26,29,31,33,36-37H,17-20H2,(H,35,38)/t26-,29-,31-,33+/m0/s1. The van der Waals surface area contributed by atoms with Crippen LogP contribution in [0.25, 0.3) is 0 Å². The maximum absolute atomic E-state index is 13.3. The molecule has 9 nitrogen and oxygen atoms in total. The third-order valence-electron chi connectivity index (χ3n) is 7.68. The summed E-state index contributed by atoms with van der Waals surface area (Å²) in [5, 5.41) is 13.0. The molecule has 6 rings (SSSR count). The Labute approximate surface area is 254 Å². The molecule has 2 aliphatic rings. The van der Waals surface area contributed by atoms with E-state index >= 15 is 0 Å². The van der Waals surface area contributed by atoms with Crippen LogP contribution in [0.15, 0.2) is 102 Å². The van der Waals surface area contributed by atoms with Crippen LogP contribution >= 0.6 is 0 Å². The molecule has 0 bridgehead atoms. The van der Waals surface area contributed by atoms with Gasteiger partial charge in [0.15, 0.2) is 0 Å². The van der Waals surface area contributed by atoms with E-state index in [1.165, 1.54) is 12.1 Å². The molecule has 0 radical (unpaired) electrons. The van der Waals surface area contributed by atoms with Crippen molar-refractivity contribution < 1.29 is 36.9 Å².